The van der Waals surface area contributed by atoms with E-state index in [0.717, 1.165) is 24.2 Å². The van der Waals surface area contributed by atoms with Gasteiger partial charge in [-0.05, 0) is 79.1 Å². The first-order valence-corrected chi connectivity index (χ1v) is 8.07. The van der Waals surface area contributed by atoms with Gasteiger partial charge in [-0.2, -0.15) is 0 Å². The molecule has 0 saturated carbocycles. The van der Waals surface area contributed by atoms with Crippen molar-refractivity contribution in [2.45, 2.75) is 26.3 Å². The molecule has 1 heterocycles. The second kappa shape index (κ2) is 6.87. The second-order valence-electron chi connectivity index (χ2n) is 5.62. The summed E-state index contributed by atoms with van der Waals surface area (Å²) in [5, 5.41) is 3.00. The predicted molar refractivity (Wildman–Crippen MR) is 90.7 cm³/mol. The van der Waals surface area contributed by atoms with Crippen LogP contribution in [0.15, 0.2) is 18.2 Å². The van der Waals surface area contributed by atoms with Crippen LogP contribution in [0.4, 0.5) is 5.69 Å². The first-order valence-electron chi connectivity index (χ1n) is 6.99. The van der Waals surface area contributed by atoms with E-state index in [4.69, 9.17) is 5.73 Å². The molecule has 1 aliphatic rings. The van der Waals surface area contributed by atoms with Crippen LogP contribution in [-0.2, 0) is 4.79 Å². The molecule has 2 unspecified atom stereocenters. The SMILES string of the molecule is Cc1cc(I)ccc1NC(=O)CN1CC(CN)CC1C. The Morgan fingerprint density at radius 2 is 2.30 bits per heavy atom. The van der Waals surface area contributed by atoms with Crippen LogP contribution in [0.2, 0.25) is 0 Å². The summed E-state index contributed by atoms with van der Waals surface area (Å²) >= 11 is 2.27. The van der Waals surface area contributed by atoms with Crippen molar-refractivity contribution >= 4 is 34.2 Å². The molecule has 0 spiro atoms. The number of rotatable bonds is 4. The molecule has 110 valence electrons. The van der Waals surface area contributed by atoms with Crippen molar-refractivity contribution in [2.75, 3.05) is 25.0 Å². The van der Waals surface area contributed by atoms with Gasteiger partial charge in [-0.1, -0.05) is 0 Å². The fourth-order valence-corrected chi connectivity index (χ4v) is 3.40. The van der Waals surface area contributed by atoms with Crippen molar-refractivity contribution in [2.24, 2.45) is 11.7 Å². The van der Waals surface area contributed by atoms with Gasteiger partial charge in [-0.15, -0.1) is 0 Å². The van der Waals surface area contributed by atoms with Gasteiger partial charge in [0.05, 0.1) is 6.54 Å². The Labute approximate surface area is 134 Å². The number of aryl methyl sites for hydroxylation is 1. The van der Waals surface area contributed by atoms with Crippen LogP contribution in [0.25, 0.3) is 0 Å². The molecule has 1 saturated heterocycles. The van der Waals surface area contributed by atoms with Crippen LogP contribution in [-0.4, -0.2) is 36.5 Å². The molecule has 2 rings (SSSR count). The Bertz CT molecular complexity index is 492. The highest BCUT2D eigenvalue weighted by Crippen LogP contribution is 2.22. The van der Waals surface area contributed by atoms with Crippen molar-refractivity contribution in [3.63, 3.8) is 0 Å². The van der Waals surface area contributed by atoms with Crippen molar-refractivity contribution in [3.8, 4) is 0 Å². The topological polar surface area (TPSA) is 58.4 Å². The fraction of sp³-hybridized carbons (Fsp3) is 0.533. The van der Waals surface area contributed by atoms with E-state index in [2.05, 4.69) is 45.8 Å². The number of benzene rings is 1. The Balaban J connectivity index is 1.92. The molecule has 0 radical (unpaired) electrons. The average Bonchev–Trinajstić information content (AvgIpc) is 2.74. The average molecular weight is 387 g/mol. The van der Waals surface area contributed by atoms with Gasteiger partial charge in [0.1, 0.15) is 0 Å². The largest absolute Gasteiger partial charge is 0.330 e. The van der Waals surface area contributed by atoms with Crippen molar-refractivity contribution in [3.05, 3.63) is 27.3 Å². The highest BCUT2D eigenvalue weighted by Gasteiger charge is 2.29. The standard InChI is InChI=1S/C15H22IN3O/c1-10-5-13(16)3-4-14(10)18-15(20)9-19-8-12(7-17)6-11(19)2/h3-5,11-12H,6-9,17H2,1-2H3,(H,18,20). The summed E-state index contributed by atoms with van der Waals surface area (Å²) in [6, 6.07) is 6.48. The summed E-state index contributed by atoms with van der Waals surface area (Å²) in [5.41, 5.74) is 7.72. The Hall–Kier alpha value is -0.660. The summed E-state index contributed by atoms with van der Waals surface area (Å²) in [6.45, 7) is 6.26. The van der Waals surface area contributed by atoms with Crippen LogP contribution in [0.1, 0.15) is 18.9 Å². The number of carbonyl (C=O) groups excluding carboxylic acids is 1. The van der Waals surface area contributed by atoms with Crippen molar-refractivity contribution < 1.29 is 4.79 Å². The number of hydrogen-bond acceptors (Lipinski definition) is 3. The van der Waals surface area contributed by atoms with E-state index in [9.17, 15) is 4.79 Å². The van der Waals surface area contributed by atoms with Gasteiger partial charge in [0.15, 0.2) is 0 Å². The quantitative estimate of drug-likeness (QED) is 0.779. The van der Waals surface area contributed by atoms with Gasteiger partial charge in [0.2, 0.25) is 5.91 Å². The van der Waals surface area contributed by atoms with Crippen LogP contribution < -0.4 is 11.1 Å². The van der Waals surface area contributed by atoms with Gasteiger partial charge in [-0.3, -0.25) is 9.69 Å². The Morgan fingerprint density at radius 1 is 1.55 bits per heavy atom. The summed E-state index contributed by atoms with van der Waals surface area (Å²) in [6.07, 6.45) is 1.09. The smallest absolute Gasteiger partial charge is 0.238 e. The number of amides is 1. The fourth-order valence-electron chi connectivity index (χ4n) is 2.75. The molecule has 1 aliphatic heterocycles. The normalized spacial score (nSPS) is 23.0. The molecular formula is C15H22IN3O. The van der Waals surface area contributed by atoms with Crippen LogP contribution in [0, 0.1) is 16.4 Å². The summed E-state index contributed by atoms with van der Waals surface area (Å²) in [4.78, 5) is 14.4. The lowest BCUT2D eigenvalue weighted by molar-refractivity contribution is -0.117. The Morgan fingerprint density at radius 3 is 2.90 bits per heavy atom. The van der Waals surface area contributed by atoms with E-state index in [0.29, 0.717) is 25.0 Å². The minimum Gasteiger partial charge on any atom is -0.330 e. The van der Waals surface area contributed by atoms with E-state index in [1.54, 1.807) is 0 Å². The number of halogens is 1. The van der Waals surface area contributed by atoms with Crippen molar-refractivity contribution in [1.29, 1.82) is 0 Å². The molecular weight excluding hydrogens is 365 g/mol. The predicted octanol–water partition coefficient (Wildman–Crippen LogP) is 2.21. The molecule has 1 aromatic rings. The van der Waals surface area contributed by atoms with E-state index in [-0.39, 0.29) is 5.91 Å². The van der Waals surface area contributed by atoms with Crippen molar-refractivity contribution in [1.82, 2.24) is 4.90 Å². The van der Waals surface area contributed by atoms with Crippen LogP contribution in [0.5, 0.6) is 0 Å². The highest BCUT2D eigenvalue weighted by molar-refractivity contribution is 14.1. The third kappa shape index (κ3) is 3.93. The van der Waals surface area contributed by atoms with E-state index >= 15 is 0 Å². The van der Waals surface area contributed by atoms with Gasteiger partial charge >= 0.3 is 0 Å². The molecule has 20 heavy (non-hydrogen) atoms. The molecule has 0 bridgehead atoms. The minimum atomic E-state index is 0.0545. The second-order valence-corrected chi connectivity index (χ2v) is 6.87. The Kier molecular flexibility index (Phi) is 5.40. The van der Waals surface area contributed by atoms with Gasteiger partial charge in [0.25, 0.3) is 0 Å². The number of nitrogens with one attached hydrogen (secondary N) is 1. The number of carbonyl (C=O) groups is 1. The number of nitrogens with two attached hydrogens (primary N) is 1. The molecule has 2 atom stereocenters. The third-order valence-electron chi connectivity index (χ3n) is 3.93. The molecule has 0 aromatic heterocycles. The maximum Gasteiger partial charge on any atom is 0.238 e. The summed E-state index contributed by atoms with van der Waals surface area (Å²) in [5.74, 6) is 0.580. The zero-order chi connectivity index (χ0) is 14.7. The van der Waals surface area contributed by atoms with Crippen LogP contribution in [0.3, 0.4) is 0 Å². The number of hydrogen-bond donors (Lipinski definition) is 2. The first-order chi connectivity index (χ1) is 9.49. The first kappa shape index (κ1) is 15.7. The zero-order valence-corrected chi connectivity index (χ0v) is 14.2. The molecule has 1 fully saturated rings. The maximum atomic E-state index is 12.2. The van der Waals surface area contributed by atoms with Crippen LogP contribution >= 0.6 is 22.6 Å². The lowest BCUT2D eigenvalue weighted by Crippen LogP contribution is -2.36. The maximum absolute atomic E-state index is 12.2. The highest BCUT2D eigenvalue weighted by atomic mass is 127. The van der Waals surface area contributed by atoms with E-state index in [1.807, 2.05) is 19.1 Å². The molecule has 1 aromatic carbocycles. The van der Waals surface area contributed by atoms with Gasteiger partial charge in [-0.25, -0.2) is 0 Å². The lowest BCUT2D eigenvalue weighted by Gasteiger charge is -2.20. The van der Waals surface area contributed by atoms with E-state index < -0.39 is 0 Å². The molecule has 0 aliphatic carbocycles. The molecule has 4 nitrogen and oxygen atoms in total. The number of likely N-dealkylation sites (tertiary alicyclic amines) is 1. The monoisotopic (exact) mass is 387 g/mol. The van der Waals surface area contributed by atoms with E-state index in [1.165, 1.54) is 3.57 Å². The minimum absolute atomic E-state index is 0.0545. The molecule has 1 amide bonds. The van der Waals surface area contributed by atoms with Gasteiger partial charge < -0.3 is 11.1 Å². The third-order valence-corrected chi connectivity index (χ3v) is 4.60. The summed E-state index contributed by atoms with van der Waals surface area (Å²) in [7, 11) is 0. The number of nitrogens with zero attached hydrogens (tertiary/aromatic N) is 1. The number of anilines is 1. The molecule has 3 N–H and O–H groups in total. The molecule has 5 heteroatoms. The lowest BCUT2D eigenvalue weighted by atomic mass is 10.1. The summed E-state index contributed by atoms with van der Waals surface area (Å²) < 4.78 is 1.18. The zero-order valence-electron chi connectivity index (χ0n) is 12.0. The van der Waals surface area contributed by atoms with Gasteiger partial charge in [0, 0.05) is 21.8 Å².